The molecule has 38 heavy (non-hydrogen) atoms. The molecule has 2 heterocycles. The molecule has 0 radical (unpaired) electrons. The molecule has 1 fully saturated rings. The molecule has 4 rings (SSSR count). The normalized spacial score (nSPS) is 14.8. The third kappa shape index (κ3) is 6.42. The van der Waals surface area contributed by atoms with Gasteiger partial charge in [0.15, 0.2) is 9.84 Å². The van der Waals surface area contributed by atoms with Crippen molar-refractivity contribution >= 4 is 27.6 Å². The SMILES string of the molecule is Cc1ccc(-n2nc(C(C)(C)C)cc2NC(=O)NC2CCN(C(=O)c3ccc(S(C)(=O)=O)cc3)CC2)cc1. The Bertz CT molecular complexity index is 1410. The standard InChI is InChI=1S/C28H35N5O4S/c1-19-6-10-22(11-7-19)33-25(18-24(31-33)28(2,3)4)30-27(35)29-21-14-16-32(17-15-21)26(34)20-8-12-23(13-9-20)38(5,36)37/h6-13,18,21H,14-17H2,1-5H3,(H2,29,30,35). The topological polar surface area (TPSA) is 113 Å². The third-order valence-corrected chi connectivity index (χ3v) is 7.77. The molecular weight excluding hydrogens is 502 g/mol. The maximum Gasteiger partial charge on any atom is 0.320 e. The van der Waals surface area contributed by atoms with Crippen LogP contribution in [0.25, 0.3) is 5.69 Å². The van der Waals surface area contributed by atoms with Crippen molar-refractivity contribution in [2.45, 2.75) is 56.9 Å². The quantitative estimate of drug-likeness (QED) is 0.504. The molecule has 3 amide bonds. The average molecular weight is 538 g/mol. The largest absolute Gasteiger partial charge is 0.338 e. The highest BCUT2D eigenvalue weighted by atomic mass is 32.2. The molecule has 2 aromatic carbocycles. The van der Waals surface area contributed by atoms with Crippen molar-refractivity contribution in [3.05, 3.63) is 71.4 Å². The van der Waals surface area contributed by atoms with Gasteiger partial charge >= 0.3 is 6.03 Å². The van der Waals surface area contributed by atoms with Crippen molar-refractivity contribution < 1.29 is 18.0 Å². The summed E-state index contributed by atoms with van der Waals surface area (Å²) in [7, 11) is -3.31. The number of nitrogens with zero attached hydrogens (tertiary/aromatic N) is 3. The number of likely N-dealkylation sites (tertiary alicyclic amines) is 1. The van der Waals surface area contributed by atoms with E-state index >= 15 is 0 Å². The highest BCUT2D eigenvalue weighted by molar-refractivity contribution is 7.90. The Morgan fingerprint density at radius 3 is 2.13 bits per heavy atom. The van der Waals surface area contributed by atoms with E-state index in [1.807, 2.05) is 37.3 Å². The summed E-state index contributed by atoms with van der Waals surface area (Å²) in [5.41, 5.74) is 3.12. The van der Waals surface area contributed by atoms with Crippen LogP contribution in [0, 0.1) is 6.92 Å². The van der Waals surface area contributed by atoms with Crippen LogP contribution >= 0.6 is 0 Å². The number of piperidine rings is 1. The van der Waals surface area contributed by atoms with Crippen LogP contribution in [0.15, 0.2) is 59.5 Å². The monoisotopic (exact) mass is 537 g/mol. The van der Waals surface area contributed by atoms with E-state index in [0.29, 0.717) is 37.3 Å². The van der Waals surface area contributed by atoms with E-state index in [0.717, 1.165) is 23.2 Å². The summed E-state index contributed by atoms with van der Waals surface area (Å²) >= 11 is 0. The first-order valence-corrected chi connectivity index (χ1v) is 14.5. The van der Waals surface area contributed by atoms with E-state index in [1.165, 1.54) is 12.1 Å². The number of anilines is 1. The van der Waals surface area contributed by atoms with Gasteiger partial charge in [0.05, 0.1) is 16.3 Å². The van der Waals surface area contributed by atoms with Gasteiger partial charge in [0.25, 0.3) is 5.91 Å². The van der Waals surface area contributed by atoms with Gasteiger partial charge in [-0.3, -0.25) is 10.1 Å². The number of sulfone groups is 1. The van der Waals surface area contributed by atoms with Crippen molar-refractivity contribution in [2.24, 2.45) is 0 Å². The number of amides is 3. The summed E-state index contributed by atoms with van der Waals surface area (Å²) in [5, 5.41) is 10.7. The Hall–Kier alpha value is -3.66. The lowest BCUT2D eigenvalue weighted by atomic mass is 9.92. The van der Waals surface area contributed by atoms with Crippen LogP contribution in [0.2, 0.25) is 0 Å². The van der Waals surface area contributed by atoms with Gasteiger partial charge in [-0.15, -0.1) is 0 Å². The van der Waals surface area contributed by atoms with Gasteiger partial charge in [0.1, 0.15) is 5.82 Å². The number of carbonyl (C=O) groups excluding carboxylic acids is 2. The van der Waals surface area contributed by atoms with Crippen LogP contribution in [-0.2, 0) is 15.3 Å². The average Bonchev–Trinajstić information content (AvgIpc) is 3.28. The molecule has 0 aliphatic carbocycles. The summed E-state index contributed by atoms with van der Waals surface area (Å²) in [6, 6.07) is 15.4. The van der Waals surface area contributed by atoms with Gasteiger partial charge in [0, 0.05) is 42.4 Å². The lowest BCUT2D eigenvalue weighted by Gasteiger charge is -2.32. The predicted molar refractivity (Wildman–Crippen MR) is 148 cm³/mol. The predicted octanol–water partition coefficient (Wildman–Crippen LogP) is 4.31. The Labute approximate surface area is 224 Å². The Balaban J connectivity index is 1.37. The van der Waals surface area contributed by atoms with Gasteiger partial charge in [-0.1, -0.05) is 38.5 Å². The first kappa shape index (κ1) is 27.4. The first-order valence-electron chi connectivity index (χ1n) is 12.7. The molecule has 0 atom stereocenters. The van der Waals surface area contributed by atoms with E-state index in [9.17, 15) is 18.0 Å². The van der Waals surface area contributed by atoms with Crippen molar-refractivity contribution in [3.63, 3.8) is 0 Å². The summed E-state index contributed by atoms with van der Waals surface area (Å²) in [6.45, 7) is 9.24. The van der Waals surface area contributed by atoms with E-state index < -0.39 is 9.84 Å². The number of urea groups is 1. The second-order valence-electron chi connectivity index (χ2n) is 10.9. The molecular formula is C28H35N5O4S. The number of hydrogen-bond acceptors (Lipinski definition) is 5. The molecule has 9 nitrogen and oxygen atoms in total. The van der Waals surface area contributed by atoms with Gasteiger partial charge in [-0.25, -0.2) is 17.9 Å². The Morgan fingerprint density at radius 1 is 0.974 bits per heavy atom. The molecule has 10 heteroatoms. The number of aromatic nitrogens is 2. The van der Waals surface area contributed by atoms with Crippen molar-refractivity contribution in [3.8, 4) is 5.69 Å². The van der Waals surface area contributed by atoms with Crippen LogP contribution in [-0.4, -0.2) is 60.4 Å². The van der Waals surface area contributed by atoms with E-state index in [4.69, 9.17) is 5.10 Å². The van der Waals surface area contributed by atoms with Gasteiger partial charge in [-0.05, 0) is 56.2 Å². The zero-order chi connectivity index (χ0) is 27.7. The van der Waals surface area contributed by atoms with Gasteiger partial charge in [-0.2, -0.15) is 5.10 Å². The number of carbonyl (C=O) groups is 2. The number of aryl methyl sites for hydroxylation is 1. The fourth-order valence-electron chi connectivity index (χ4n) is 4.31. The third-order valence-electron chi connectivity index (χ3n) is 6.64. The van der Waals surface area contributed by atoms with Crippen LogP contribution in [0.5, 0.6) is 0 Å². The number of hydrogen-bond donors (Lipinski definition) is 2. The lowest BCUT2D eigenvalue weighted by Crippen LogP contribution is -2.47. The molecule has 2 N–H and O–H groups in total. The minimum Gasteiger partial charge on any atom is -0.338 e. The highest BCUT2D eigenvalue weighted by Crippen LogP contribution is 2.26. The van der Waals surface area contributed by atoms with Crippen LogP contribution in [0.4, 0.5) is 10.6 Å². The molecule has 1 aliphatic heterocycles. The molecule has 0 spiro atoms. The minimum atomic E-state index is -3.31. The molecule has 1 aromatic heterocycles. The number of rotatable bonds is 5. The fourth-order valence-corrected chi connectivity index (χ4v) is 4.94. The van der Waals surface area contributed by atoms with Crippen LogP contribution < -0.4 is 10.6 Å². The van der Waals surface area contributed by atoms with E-state index in [1.54, 1.807) is 21.7 Å². The van der Waals surface area contributed by atoms with Crippen LogP contribution in [0.1, 0.15) is 55.2 Å². The second kappa shape index (κ2) is 10.6. The van der Waals surface area contributed by atoms with Crippen molar-refractivity contribution in [2.75, 3.05) is 24.7 Å². The molecule has 0 saturated carbocycles. The molecule has 1 saturated heterocycles. The maximum absolute atomic E-state index is 12.9. The molecule has 3 aromatic rings. The molecule has 202 valence electrons. The van der Waals surface area contributed by atoms with Gasteiger partial charge < -0.3 is 10.2 Å². The lowest BCUT2D eigenvalue weighted by molar-refractivity contribution is 0.0708. The number of benzene rings is 2. The van der Waals surface area contributed by atoms with E-state index in [2.05, 4.69) is 31.4 Å². The Kier molecular flexibility index (Phi) is 7.64. The highest BCUT2D eigenvalue weighted by Gasteiger charge is 2.26. The second-order valence-corrected chi connectivity index (χ2v) is 12.9. The first-order chi connectivity index (χ1) is 17.8. The zero-order valence-corrected chi connectivity index (χ0v) is 23.3. The van der Waals surface area contributed by atoms with Crippen LogP contribution in [0.3, 0.4) is 0 Å². The maximum atomic E-state index is 12.9. The minimum absolute atomic E-state index is 0.0792. The smallest absolute Gasteiger partial charge is 0.320 e. The van der Waals surface area contributed by atoms with Crippen molar-refractivity contribution in [1.82, 2.24) is 20.0 Å². The van der Waals surface area contributed by atoms with Gasteiger partial charge in [0.2, 0.25) is 0 Å². The molecule has 0 unspecified atom stereocenters. The van der Waals surface area contributed by atoms with Crippen molar-refractivity contribution in [1.29, 1.82) is 0 Å². The molecule has 1 aliphatic rings. The van der Waals surface area contributed by atoms with E-state index in [-0.39, 0.29) is 28.3 Å². The summed E-state index contributed by atoms with van der Waals surface area (Å²) < 4.78 is 25.1. The summed E-state index contributed by atoms with van der Waals surface area (Å²) in [5.74, 6) is 0.436. The number of nitrogens with one attached hydrogen (secondary N) is 2. The fraction of sp³-hybridized carbons (Fsp3) is 0.393. The Morgan fingerprint density at radius 2 is 1.58 bits per heavy atom. The zero-order valence-electron chi connectivity index (χ0n) is 22.5. The summed E-state index contributed by atoms with van der Waals surface area (Å²) in [4.78, 5) is 27.7. The molecule has 0 bridgehead atoms. The summed E-state index contributed by atoms with van der Waals surface area (Å²) in [6.07, 6.45) is 2.37.